The number of carbonyl (C=O) groups excluding carboxylic acids is 1. The van der Waals surface area contributed by atoms with Crippen molar-refractivity contribution in [2.45, 2.75) is 58.0 Å². The zero-order valence-electron chi connectivity index (χ0n) is 15.2. The molecule has 0 aliphatic heterocycles. The van der Waals surface area contributed by atoms with E-state index in [0.717, 1.165) is 35.8 Å². The number of benzene rings is 1. The van der Waals surface area contributed by atoms with Gasteiger partial charge in [0, 0.05) is 43.0 Å². The number of aromatic nitrogens is 2. The number of carbonyl (C=O) groups is 1. The molecule has 5 nitrogen and oxygen atoms in total. The van der Waals surface area contributed by atoms with E-state index in [4.69, 9.17) is 0 Å². The molecule has 140 valence electrons. The predicted octanol–water partition coefficient (Wildman–Crippen LogP) is 3.54. The molecule has 0 bridgehead atoms. The minimum Gasteiger partial charge on any atom is -0.353 e. The SMILES string of the molecule is CC[C@@H](C)N(CCC(=O)NC1CC1)c1nc(Cc2ccc(F)cc2)ns1. The molecule has 1 fully saturated rings. The van der Waals surface area contributed by atoms with E-state index in [1.807, 2.05) is 0 Å². The highest BCUT2D eigenvalue weighted by atomic mass is 32.1. The van der Waals surface area contributed by atoms with Gasteiger partial charge in [-0.1, -0.05) is 19.1 Å². The molecule has 1 atom stereocenters. The zero-order chi connectivity index (χ0) is 18.5. The van der Waals surface area contributed by atoms with E-state index in [9.17, 15) is 9.18 Å². The molecule has 0 radical (unpaired) electrons. The maximum Gasteiger partial charge on any atom is 0.221 e. The summed E-state index contributed by atoms with van der Waals surface area (Å²) >= 11 is 1.36. The first kappa shape index (κ1) is 18.8. The van der Waals surface area contributed by atoms with Gasteiger partial charge in [0.25, 0.3) is 0 Å². The van der Waals surface area contributed by atoms with Gasteiger partial charge in [0.2, 0.25) is 11.0 Å². The Morgan fingerprint density at radius 2 is 2.12 bits per heavy atom. The number of nitrogens with zero attached hydrogens (tertiary/aromatic N) is 3. The van der Waals surface area contributed by atoms with Crippen LogP contribution in [-0.4, -0.2) is 33.9 Å². The van der Waals surface area contributed by atoms with E-state index in [1.54, 1.807) is 12.1 Å². The lowest BCUT2D eigenvalue weighted by Crippen LogP contribution is -2.37. The number of halogens is 1. The number of hydrogen-bond acceptors (Lipinski definition) is 5. The van der Waals surface area contributed by atoms with Crippen LogP contribution in [0.1, 0.15) is 50.9 Å². The van der Waals surface area contributed by atoms with Crippen LogP contribution in [0.2, 0.25) is 0 Å². The lowest BCUT2D eigenvalue weighted by atomic mass is 10.1. The van der Waals surface area contributed by atoms with Gasteiger partial charge in [-0.3, -0.25) is 4.79 Å². The van der Waals surface area contributed by atoms with Crippen molar-refractivity contribution < 1.29 is 9.18 Å². The first-order valence-corrected chi connectivity index (χ1v) is 9.95. The molecule has 0 saturated heterocycles. The fourth-order valence-electron chi connectivity index (χ4n) is 2.69. The van der Waals surface area contributed by atoms with Crippen molar-refractivity contribution in [2.75, 3.05) is 11.4 Å². The first-order valence-electron chi connectivity index (χ1n) is 9.18. The fourth-order valence-corrected chi connectivity index (χ4v) is 3.51. The predicted molar refractivity (Wildman–Crippen MR) is 102 cm³/mol. The van der Waals surface area contributed by atoms with Crippen molar-refractivity contribution in [3.63, 3.8) is 0 Å². The molecule has 7 heteroatoms. The Balaban J connectivity index is 1.63. The molecular formula is C19H25FN4OS. The molecule has 26 heavy (non-hydrogen) atoms. The summed E-state index contributed by atoms with van der Waals surface area (Å²) in [4.78, 5) is 18.8. The molecule has 1 amide bonds. The van der Waals surface area contributed by atoms with Crippen LogP contribution in [0.15, 0.2) is 24.3 Å². The molecule has 1 aromatic heterocycles. The van der Waals surface area contributed by atoms with Gasteiger partial charge in [0.05, 0.1) is 0 Å². The van der Waals surface area contributed by atoms with Gasteiger partial charge in [-0.25, -0.2) is 9.37 Å². The van der Waals surface area contributed by atoms with Gasteiger partial charge in [-0.2, -0.15) is 4.37 Å². The number of amides is 1. The summed E-state index contributed by atoms with van der Waals surface area (Å²) in [6.45, 7) is 4.90. The van der Waals surface area contributed by atoms with Gasteiger partial charge < -0.3 is 10.2 Å². The lowest BCUT2D eigenvalue weighted by molar-refractivity contribution is -0.121. The molecule has 0 unspecified atom stereocenters. The highest BCUT2D eigenvalue weighted by Gasteiger charge is 2.24. The third kappa shape index (κ3) is 5.24. The van der Waals surface area contributed by atoms with Gasteiger partial charge in [0.15, 0.2) is 0 Å². The summed E-state index contributed by atoms with van der Waals surface area (Å²) in [7, 11) is 0. The van der Waals surface area contributed by atoms with Crippen LogP contribution in [0.4, 0.5) is 9.52 Å². The average molecular weight is 377 g/mol. The van der Waals surface area contributed by atoms with Crippen molar-refractivity contribution in [3.8, 4) is 0 Å². The standard InChI is InChI=1S/C19H25FN4OS/c1-3-13(2)24(11-10-18(25)21-16-8-9-16)19-22-17(23-26-19)12-14-4-6-15(20)7-5-14/h4-7,13,16H,3,8-12H2,1-2H3,(H,21,25)/t13-/m1/s1. The minimum absolute atomic E-state index is 0.108. The van der Waals surface area contributed by atoms with Crippen LogP contribution in [0.3, 0.4) is 0 Å². The molecule has 1 N–H and O–H groups in total. The highest BCUT2D eigenvalue weighted by Crippen LogP contribution is 2.23. The fraction of sp³-hybridized carbons (Fsp3) is 0.526. The second-order valence-electron chi connectivity index (χ2n) is 6.84. The Hall–Kier alpha value is -2.02. The van der Waals surface area contributed by atoms with Crippen LogP contribution < -0.4 is 10.2 Å². The molecule has 1 heterocycles. The lowest BCUT2D eigenvalue weighted by Gasteiger charge is -2.27. The molecular weight excluding hydrogens is 351 g/mol. The summed E-state index contributed by atoms with van der Waals surface area (Å²) in [6, 6.07) is 7.09. The smallest absolute Gasteiger partial charge is 0.221 e. The second kappa shape index (κ2) is 8.58. The van der Waals surface area contributed by atoms with Crippen molar-refractivity contribution in [3.05, 3.63) is 41.5 Å². The summed E-state index contributed by atoms with van der Waals surface area (Å²) < 4.78 is 17.5. The third-order valence-corrected chi connectivity index (χ3v) is 5.41. The molecule has 1 aliphatic rings. The summed E-state index contributed by atoms with van der Waals surface area (Å²) in [6.07, 6.45) is 4.21. The Kier molecular flexibility index (Phi) is 6.19. The van der Waals surface area contributed by atoms with Gasteiger partial charge >= 0.3 is 0 Å². The number of anilines is 1. The van der Waals surface area contributed by atoms with E-state index in [2.05, 4.69) is 33.4 Å². The monoisotopic (exact) mass is 376 g/mol. The van der Waals surface area contributed by atoms with Crippen LogP contribution in [0.5, 0.6) is 0 Å². The molecule has 1 aliphatic carbocycles. The topological polar surface area (TPSA) is 58.1 Å². The van der Waals surface area contributed by atoms with E-state index in [-0.39, 0.29) is 17.8 Å². The Labute approximate surface area is 157 Å². The van der Waals surface area contributed by atoms with Crippen LogP contribution >= 0.6 is 11.5 Å². The van der Waals surface area contributed by atoms with Crippen LogP contribution in [0.25, 0.3) is 0 Å². The number of rotatable bonds is 9. The van der Waals surface area contributed by atoms with Gasteiger partial charge in [0.1, 0.15) is 11.6 Å². The van der Waals surface area contributed by atoms with Crippen molar-refractivity contribution in [1.82, 2.24) is 14.7 Å². The summed E-state index contributed by atoms with van der Waals surface area (Å²) in [5.41, 5.74) is 0.981. The quantitative estimate of drug-likeness (QED) is 0.727. The summed E-state index contributed by atoms with van der Waals surface area (Å²) in [5.74, 6) is 0.595. The van der Waals surface area contributed by atoms with Crippen molar-refractivity contribution >= 4 is 22.6 Å². The Morgan fingerprint density at radius 1 is 1.38 bits per heavy atom. The average Bonchev–Trinajstić information content (AvgIpc) is 3.33. The van der Waals surface area contributed by atoms with E-state index < -0.39 is 0 Å². The van der Waals surface area contributed by atoms with Gasteiger partial charge in [-0.15, -0.1) is 0 Å². The maximum atomic E-state index is 13.0. The zero-order valence-corrected chi connectivity index (χ0v) is 16.1. The van der Waals surface area contributed by atoms with E-state index in [0.29, 0.717) is 25.4 Å². The van der Waals surface area contributed by atoms with E-state index >= 15 is 0 Å². The molecule has 1 aromatic carbocycles. The molecule has 1 saturated carbocycles. The molecule has 2 aromatic rings. The molecule has 0 spiro atoms. The second-order valence-corrected chi connectivity index (χ2v) is 7.57. The largest absolute Gasteiger partial charge is 0.353 e. The third-order valence-electron chi connectivity index (χ3n) is 4.62. The number of hydrogen-bond donors (Lipinski definition) is 1. The normalized spacial score (nSPS) is 14.9. The maximum absolute atomic E-state index is 13.0. The van der Waals surface area contributed by atoms with Gasteiger partial charge in [-0.05, 0) is 43.9 Å². The van der Waals surface area contributed by atoms with E-state index in [1.165, 1.54) is 23.7 Å². The number of nitrogens with one attached hydrogen (secondary N) is 1. The highest BCUT2D eigenvalue weighted by molar-refractivity contribution is 7.09. The van der Waals surface area contributed by atoms with Crippen molar-refractivity contribution in [2.24, 2.45) is 0 Å². The molecule has 3 rings (SSSR count). The summed E-state index contributed by atoms with van der Waals surface area (Å²) in [5, 5.41) is 3.87. The Morgan fingerprint density at radius 3 is 2.77 bits per heavy atom. The van der Waals surface area contributed by atoms with Crippen molar-refractivity contribution in [1.29, 1.82) is 0 Å². The van der Waals surface area contributed by atoms with Crippen LogP contribution in [0, 0.1) is 5.82 Å². The first-order chi connectivity index (χ1) is 12.5. The Bertz CT molecular complexity index is 729. The van der Waals surface area contributed by atoms with Crippen LogP contribution in [-0.2, 0) is 11.2 Å². The minimum atomic E-state index is -0.243.